The summed E-state index contributed by atoms with van der Waals surface area (Å²) in [6.07, 6.45) is 3.38. The number of amides is 1. The first kappa shape index (κ1) is 20.5. The summed E-state index contributed by atoms with van der Waals surface area (Å²) in [4.78, 5) is 23.3. The molecule has 0 spiro atoms. The smallest absolute Gasteiger partial charge is 0.257 e. The molecule has 1 saturated carbocycles. The molecule has 5 nitrogen and oxygen atoms in total. The normalized spacial score (nSPS) is 27.4. The maximum atomic E-state index is 13.9. The highest BCUT2D eigenvalue weighted by molar-refractivity contribution is 6.00. The number of hydrogen-bond donors (Lipinski definition) is 0. The molecular formula is C26H33N3O2. The summed E-state index contributed by atoms with van der Waals surface area (Å²) in [7, 11) is 0. The van der Waals surface area contributed by atoms with Gasteiger partial charge in [-0.05, 0) is 42.2 Å². The summed E-state index contributed by atoms with van der Waals surface area (Å²) >= 11 is 0. The molecule has 2 saturated heterocycles. The molecule has 2 bridgehead atoms. The van der Waals surface area contributed by atoms with Crippen LogP contribution in [0.3, 0.4) is 0 Å². The third kappa shape index (κ3) is 3.96. The van der Waals surface area contributed by atoms with Crippen LogP contribution >= 0.6 is 0 Å². The summed E-state index contributed by atoms with van der Waals surface area (Å²) in [6, 6.07) is 14.5. The van der Waals surface area contributed by atoms with E-state index in [1.807, 2.05) is 30.3 Å². The van der Waals surface area contributed by atoms with Gasteiger partial charge in [0, 0.05) is 31.2 Å². The Labute approximate surface area is 185 Å². The number of nitrogens with zero attached hydrogens (tertiary/aromatic N) is 3. The molecule has 5 rings (SSSR count). The van der Waals surface area contributed by atoms with Gasteiger partial charge in [-0.25, -0.2) is 4.98 Å². The minimum atomic E-state index is 0.139. The second-order valence-electron chi connectivity index (χ2n) is 10.7. The molecule has 2 aliphatic heterocycles. The number of anilines is 1. The Morgan fingerprint density at radius 2 is 1.77 bits per heavy atom. The van der Waals surface area contributed by atoms with Crippen molar-refractivity contribution in [1.29, 1.82) is 0 Å². The highest BCUT2D eigenvalue weighted by Gasteiger charge is 2.51. The van der Waals surface area contributed by atoms with E-state index < -0.39 is 0 Å². The van der Waals surface area contributed by atoms with Crippen LogP contribution in [0.25, 0.3) is 11.3 Å². The molecule has 0 radical (unpaired) electrons. The van der Waals surface area contributed by atoms with E-state index >= 15 is 0 Å². The number of ether oxygens (including phenoxy) is 1. The van der Waals surface area contributed by atoms with E-state index in [0.717, 1.165) is 55.1 Å². The molecular weight excluding hydrogens is 386 g/mol. The van der Waals surface area contributed by atoms with E-state index in [0.29, 0.717) is 19.3 Å². The molecule has 1 amide bonds. The Balaban J connectivity index is 1.51. The number of carbonyl (C=O) groups is 1. The maximum absolute atomic E-state index is 13.9. The first-order valence-electron chi connectivity index (χ1n) is 11.5. The molecule has 3 aliphatic rings. The third-order valence-electron chi connectivity index (χ3n) is 7.16. The second kappa shape index (κ2) is 7.63. The topological polar surface area (TPSA) is 45.7 Å². The van der Waals surface area contributed by atoms with Crippen LogP contribution in [0.5, 0.6) is 0 Å². The van der Waals surface area contributed by atoms with Crippen molar-refractivity contribution in [3.8, 4) is 11.3 Å². The zero-order valence-electron chi connectivity index (χ0n) is 18.9. The van der Waals surface area contributed by atoms with Crippen LogP contribution in [0.4, 0.5) is 5.82 Å². The predicted molar refractivity (Wildman–Crippen MR) is 123 cm³/mol. The number of likely N-dealkylation sites (tertiary alicyclic amines) is 1. The van der Waals surface area contributed by atoms with Gasteiger partial charge in [0.25, 0.3) is 5.91 Å². The van der Waals surface area contributed by atoms with Crippen LogP contribution in [0.1, 0.15) is 50.4 Å². The average molecular weight is 420 g/mol. The zero-order valence-corrected chi connectivity index (χ0v) is 18.9. The molecule has 164 valence electrons. The second-order valence-corrected chi connectivity index (χ2v) is 10.7. The Kier molecular flexibility index (Phi) is 5.04. The monoisotopic (exact) mass is 419 g/mol. The van der Waals surface area contributed by atoms with Gasteiger partial charge in [0.05, 0.1) is 24.5 Å². The molecule has 3 heterocycles. The van der Waals surface area contributed by atoms with E-state index in [1.165, 1.54) is 6.42 Å². The van der Waals surface area contributed by atoms with E-state index in [4.69, 9.17) is 9.72 Å². The van der Waals surface area contributed by atoms with Gasteiger partial charge >= 0.3 is 0 Å². The maximum Gasteiger partial charge on any atom is 0.257 e. The number of aromatic nitrogens is 1. The molecule has 1 aliphatic carbocycles. The van der Waals surface area contributed by atoms with E-state index in [9.17, 15) is 4.79 Å². The lowest BCUT2D eigenvalue weighted by Gasteiger charge is -2.39. The van der Waals surface area contributed by atoms with Crippen molar-refractivity contribution < 1.29 is 9.53 Å². The number of morpholine rings is 1. The first-order chi connectivity index (χ1) is 14.8. The van der Waals surface area contributed by atoms with E-state index in [-0.39, 0.29) is 16.7 Å². The van der Waals surface area contributed by atoms with Crippen molar-refractivity contribution in [1.82, 2.24) is 9.88 Å². The fourth-order valence-corrected chi connectivity index (χ4v) is 6.25. The fourth-order valence-electron chi connectivity index (χ4n) is 6.25. The van der Waals surface area contributed by atoms with Gasteiger partial charge in [0.15, 0.2) is 0 Å². The highest BCUT2D eigenvalue weighted by atomic mass is 16.5. The van der Waals surface area contributed by atoms with Gasteiger partial charge in [-0.1, -0.05) is 51.1 Å². The van der Waals surface area contributed by atoms with E-state index in [1.54, 1.807) is 0 Å². The Bertz CT molecular complexity index is 968. The number of rotatable bonds is 3. The van der Waals surface area contributed by atoms with Crippen LogP contribution in [-0.2, 0) is 4.74 Å². The molecule has 0 N–H and O–H groups in total. The van der Waals surface area contributed by atoms with E-state index in [2.05, 4.69) is 42.7 Å². The van der Waals surface area contributed by atoms with Crippen LogP contribution in [0, 0.1) is 10.8 Å². The summed E-state index contributed by atoms with van der Waals surface area (Å²) in [5.41, 5.74) is 3.22. The average Bonchev–Trinajstić information content (AvgIpc) is 3.02. The van der Waals surface area contributed by atoms with Crippen LogP contribution in [0.15, 0.2) is 42.5 Å². The SMILES string of the molecule is CC1(C)CC2CC(C)(CN2C(=O)c2ccc(-c3ccccc3)nc2N2CCOCC2)C1. The summed E-state index contributed by atoms with van der Waals surface area (Å²) in [5.74, 6) is 0.945. The fraction of sp³-hybridized carbons (Fsp3) is 0.538. The Hall–Kier alpha value is -2.40. The number of carbonyl (C=O) groups excluding carboxylic acids is 1. The third-order valence-corrected chi connectivity index (χ3v) is 7.16. The number of benzene rings is 1. The van der Waals surface area contributed by atoms with Crippen molar-refractivity contribution in [2.75, 3.05) is 37.7 Å². The number of hydrogen-bond acceptors (Lipinski definition) is 4. The van der Waals surface area contributed by atoms with Crippen molar-refractivity contribution in [2.24, 2.45) is 10.8 Å². The molecule has 1 aromatic carbocycles. The van der Waals surface area contributed by atoms with Crippen molar-refractivity contribution in [3.05, 3.63) is 48.0 Å². The Morgan fingerprint density at radius 3 is 2.52 bits per heavy atom. The zero-order chi connectivity index (χ0) is 21.6. The molecule has 5 heteroatoms. The molecule has 31 heavy (non-hydrogen) atoms. The lowest BCUT2D eigenvalue weighted by Crippen LogP contribution is -2.41. The van der Waals surface area contributed by atoms with Crippen LogP contribution in [0.2, 0.25) is 0 Å². The minimum Gasteiger partial charge on any atom is -0.378 e. The van der Waals surface area contributed by atoms with Crippen molar-refractivity contribution >= 4 is 11.7 Å². The predicted octanol–water partition coefficient (Wildman–Crippen LogP) is 4.63. The van der Waals surface area contributed by atoms with Gasteiger partial charge in [-0.2, -0.15) is 0 Å². The summed E-state index contributed by atoms with van der Waals surface area (Å²) in [6.45, 7) is 10.8. The van der Waals surface area contributed by atoms with Crippen LogP contribution in [-0.4, -0.2) is 54.7 Å². The molecule has 3 fully saturated rings. The quantitative estimate of drug-likeness (QED) is 0.728. The van der Waals surface area contributed by atoms with Crippen molar-refractivity contribution in [2.45, 2.75) is 46.1 Å². The van der Waals surface area contributed by atoms with Gasteiger partial charge in [0.2, 0.25) is 0 Å². The molecule has 1 aromatic heterocycles. The van der Waals surface area contributed by atoms with Crippen LogP contribution < -0.4 is 4.90 Å². The number of pyridine rings is 1. The van der Waals surface area contributed by atoms with Crippen molar-refractivity contribution in [3.63, 3.8) is 0 Å². The lowest BCUT2D eigenvalue weighted by molar-refractivity contribution is 0.0707. The largest absolute Gasteiger partial charge is 0.378 e. The van der Waals surface area contributed by atoms with Gasteiger partial charge in [-0.15, -0.1) is 0 Å². The first-order valence-corrected chi connectivity index (χ1v) is 11.5. The molecule has 2 atom stereocenters. The number of fused-ring (bicyclic) bond motifs is 2. The molecule has 2 unspecified atom stereocenters. The Morgan fingerprint density at radius 1 is 1.03 bits per heavy atom. The lowest BCUT2D eigenvalue weighted by atomic mass is 9.65. The molecule has 2 aromatic rings. The minimum absolute atomic E-state index is 0.139. The van der Waals surface area contributed by atoms with Gasteiger partial charge in [0.1, 0.15) is 5.82 Å². The standard InChI is InChI=1S/C26H33N3O2/c1-25(2)15-20-16-26(3,17-25)18-29(20)24(30)21-9-10-22(19-7-5-4-6-8-19)27-23(21)28-11-13-31-14-12-28/h4-10,20H,11-18H2,1-3H3. The highest BCUT2D eigenvalue weighted by Crippen LogP contribution is 2.52. The van der Waals surface area contributed by atoms with Gasteiger partial charge in [-0.3, -0.25) is 4.79 Å². The summed E-state index contributed by atoms with van der Waals surface area (Å²) < 4.78 is 5.56. The summed E-state index contributed by atoms with van der Waals surface area (Å²) in [5, 5.41) is 0. The van der Waals surface area contributed by atoms with Gasteiger partial charge < -0.3 is 14.5 Å².